The minimum absolute atomic E-state index is 0.0346. The van der Waals surface area contributed by atoms with Crippen molar-refractivity contribution in [2.45, 2.75) is 73.9 Å². The molecule has 2 fully saturated rings. The molecule has 0 spiro atoms. The monoisotopic (exact) mass is 580 g/mol. The number of hydrogen-bond acceptors (Lipinski definition) is 14. The molecule has 41 heavy (non-hydrogen) atoms. The van der Waals surface area contributed by atoms with Gasteiger partial charge in [-0.05, 0) is 29.8 Å². The van der Waals surface area contributed by atoms with Crippen LogP contribution in [-0.2, 0) is 9.47 Å². The van der Waals surface area contributed by atoms with Crippen molar-refractivity contribution >= 4 is 5.78 Å². The Morgan fingerprint density at radius 2 is 1.20 bits per heavy atom. The number of rotatable bonds is 7. The number of fused-ring (bicyclic) bond motifs is 1. The van der Waals surface area contributed by atoms with Crippen molar-refractivity contribution in [3.05, 3.63) is 53.6 Å². The highest BCUT2D eigenvalue weighted by molar-refractivity contribution is 6.00. The molecule has 0 aromatic heterocycles. The van der Waals surface area contributed by atoms with E-state index in [2.05, 4.69) is 0 Å². The maximum absolute atomic E-state index is 12.9. The predicted octanol–water partition coefficient (Wildman–Crippen LogP) is -2.25. The third-order valence-corrected chi connectivity index (χ3v) is 7.35. The van der Waals surface area contributed by atoms with E-state index in [1.807, 2.05) is 0 Å². The van der Waals surface area contributed by atoms with Crippen LogP contribution >= 0.6 is 0 Å². The van der Waals surface area contributed by atoms with Gasteiger partial charge in [0.05, 0.1) is 25.2 Å². The molecule has 0 unspecified atom stereocenters. The lowest BCUT2D eigenvalue weighted by Gasteiger charge is -2.39. The van der Waals surface area contributed by atoms with Gasteiger partial charge in [-0.1, -0.05) is 12.1 Å². The molecule has 8 N–H and O–H groups in total. The number of aliphatic hydroxyl groups is 8. The van der Waals surface area contributed by atoms with E-state index < -0.39 is 80.7 Å². The number of benzene rings is 2. The zero-order valence-electron chi connectivity index (χ0n) is 21.5. The summed E-state index contributed by atoms with van der Waals surface area (Å²) in [6.45, 7) is -1.20. The number of carbonyl (C=O) groups is 1. The third kappa shape index (κ3) is 5.89. The fourth-order valence-electron chi connectivity index (χ4n) is 4.92. The largest absolute Gasteiger partial charge is 0.484 e. The molecule has 0 radical (unpaired) electrons. The maximum atomic E-state index is 12.9. The normalized spacial score (nSPS) is 37.2. The van der Waals surface area contributed by atoms with Crippen molar-refractivity contribution in [2.75, 3.05) is 13.2 Å². The van der Waals surface area contributed by atoms with Crippen molar-refractivity contribution in [3.63, 3.8) is 0 Å². The van der Waals surface area contributed by atoms with Gasteiger partial charge in [-0.15, -0.1) is 0 Å². The van der Waals surface area contributed by atoms with E-state index >= 15 is 0 Å². The second-order valence-corrected chi connectivity index (χ2v) is 10.1. The van der Waals surface area contributed by atoms with E-state index in [-0.39, 0.29) is 29.5 Å². The summed E-state index contributed by atoms with van der Waals surface area (Å²) < 4.78 is 28.0. The lowest BCUT2D eigenvalue weighted by Crippen LogP contribution is -2.60. The molecule has 2 aromatic rings. The van der Waals surface area contributed by atoms with Gasteiger partial charge < -0.3 is 64.5 Å². The van der Waals surface area contributed by atoms with Crippen LogP contribution in [0.15, 0.2) is 42.5 Å². The fourth-order valence-corrected chi connectivity index (χ4v) is 4.92. The van der Waals surface area contributed by atoms with Crippen LogP contribution in [-0.4, -0.2) is 121 Å². The zero-order chi connectivity index (χ0) is 29.4. The molecule has 2 aromatic carbocycles. The van der Waals surface area contributed by atoms with Crippen LogP contribution in [0.2, 0.25) is 0 Å². The Balaban J connectivity index is 1.26. The average Bonchev–Trinajstić information content (AvgIpc) is 2.97. The number of ketones is 1. The fraction of sp³-hybridized carbons (Fsp3) is 0.519. The zero-order valence-corrected chi connectivity index (χ0v) is 21.5. The topological polar surface area (TPSA) is 225 Å². The second-order valence-electron chi connectivity index (χ2n) is 10.1. The molecule has 14 nitrogen and oxygen atoms in total. The number of Topliss-reactive ketones (excluding diaryl/α,β-unsaturated/α-hetero) is 1. The van der Waals surface area contributed by atoms with E-state index in [1.165, 1.54) is 18.2 Å². The van der Waals surface area contributed by atoms with Crippen molar-refractivity contribution < 1.29 is 69.3 Å². The first-order chi connectivity index (χ1) is 19.6. The molecule has 14 heteroatoms. The van der Waals surface area contributed by atoms with E-state index in [0.717, 1.165) is 0 Å². The molecule has 5 rings (SSSR count). The molecule has 0 aliphatic carbocycles. The minimum Gasteiger partial charge on any atom is -0.484 e. The number of carbonyl (C=O) groups excluding carboxylic acids is 1. The SMILES string of the molecule is O=C1C[C@H](c2ccc(O[C@@H]3O[C@H](CO)[C@@H](O)[C@H](O)[C@H]3O)cc2)Oc2cc(O[C@@H]3O[C@H](CO)[C@@H](O)[C@H](O)[C@H]3O)ccc21. The molecule has 0 amide bonds. The first-order valence-electron chi connectivity index (χ1n) is 13.0. The third-order valence-electron chi connectivity index (χ3n) is 7.35. The lowest BCUT2D eigenvalue weighted by molar-refractivity contribution is -0.277. The van der Waals surface area contributed by atoms with E-state index in [9.17, 15) is 45.6 Å². The van der Waals surface area contributed by atoms with Gasteiger partial charge in [0.1, 0.15) is 72.2 Å². The van der Waals surface area contributed by atoms with E-state index in [0.29, 0.717) is 11.1 Å². The molecular weight excluding hydrogens is 548 g/mol. The molecule has 3 heterocycles. The quantitative estimate of drug-likeness (QED) is 0.173. The Hall–Kier alpha value is -2.89. The summed E-state index contributed by atoms with van der Waals surface area (Å²) in [5.41, 5.74) is 0.926. The maximum Gasteiger partial charge on any atom is 0.229 e. The first-order valence-corrected chi connectivity index (χ1v) is 13.0. The Kier molecular flexibility index (Phi) is 8.77. The summed E-state index contributed by atoms with van der Waals surface area (Å²) in [6, 6.07) is 10.7. The molecule has 2 saturated heterocycles. The molecule has 0 saturated carbocycles. The van der Waals surface area contributed by atoms with Gasteiger partial charge in [0.15, 0.2) is 5.78 Å². The van der Waals surface area contributed by atoms with Gasteiger partial charge in [0, 0.05) is 6.07 Å². The predicted molar refractivity (Wildman–Crippen MR) is 134 cm³/mol. The molecule has 0 bridgehead atoms. The lowest BCUT2D eigenvalue weighted by atomic mass is 9.96. The summed E-state index contributed by atoms with van der Waals surface area (Å²) in [5.74, 6) is 0.396. The molecular formula is C27H32O14. The Morgan fingerprint density at radius 3 is 1.73 bits per heavy atom. The standard InChI is InChI=1S/C27H32O14/c28-9-18-20(31)22(33)24(35)26(40-18)37-12-3-1-11(2-4-12)16-8-15(30)14-6-5-13(7-17(14)39-16)38-27-25(36)23(34)21(32)19(10-29)41-27/h1-7,16,18-29,31-36H,8-10H2/t16-,18-,19-,20-,21-,22+,23+,24-,25-,26-,27-/m1/s1. The van der Waals surface area contributed by atoms with Crippen LogP contribution < -0.4 is 14.2 Å². The van der Waals surface area contributed by atoms with Gasteiger partial charge in [-0.2, -0.15) is 0 Å². The second kappa shape index (κ2) is 12.1. The highest BCUT2D eigenvalue weighted by Gasteiger charge is 2.46. The van der Waals surface area contributed by atoms with E-state index in [1.54, 1.807) is 24.3 Å². The Bertz CT molecular complexity index is 1200. The van der Waals surface area contributed by atoms with Gasteiger partial charge in [-0.25, -0.2) is 0 Å². The smallest absolute Gasteiger partial charge is 0.229 e. The minimum atomic E-state index is -1.61. The van der Waals surface area contributed by atoms with Crippen LogP contribution in [0.25, 0.3) is 0 Å². The number of hydrogen-bond donors (Lipinski definition) is 8. The highest BCUT2D eigenvalue weighted by atomic mass is 16.7. The Morgan fingerprint density at radius 1 is 0.683 bits per heavy atom. The van der Waals surface area contributed by atoms with Crippen LogP contribution in [0.3, 0.4) is 0 Å². The van der Waals surface area contributed by atoms with Crippen molar-refractivity contribution in [3.8, 4) is 17.2 Å². The van der Waals surface area contributed by atoms with Gasteiger partial charge in [-0.3, -0.25) is 4.79 Å². The first kappa shape index (κ1) is 29.6. The van der Waals surface area contributed by atoms with Gasteiger partial charge in [0.2, 0.25) is 12.6 Å². The van der Waals surface area contributed by atoms with Crippen molar-refractivity contribution in [1.82, 2.24) is 0 Å². The van der Waals surface area contributed by atoms with Crippen molar-refractivity contribution in [1.29, 1.82) is 0 Å². The highest BCUT2D eigenvalue weighted by Crippen LogP contribution is 2.38. The van der Waals surface area contributed by atoms with E-state index in [4.69, 9.17) is 23.7 Å². The molecule has 3 aliphatic heterocycles. The summed E-state index contributed by atoms with van der Waals surface area (Å²) >= 11 is 0. The van der Waals surface area contributed by atoms with Crippen molar-refractivity contribution in [2.24, 2.45) is 0 Å². The van der Waals surface area contributed by atoms with Crippen LogP contribution in [0.5, 0.6) is 17.2 Å². The summed E-state index contributed by atoms with van der Waals surface area (Å²) in [5, 5.41) is 79.0. The molecule has 224 valence electrons. The molecule has 3 aliphatic rings. The molecule has 11 atom stereocenters. The number of aliphatic hydroxyl groups excluding tert-OH is 8. The average molecular weight is 581 g/mol. The van der Waals surface area contributed by atoms with Crippen LogP contribution in [0.1, 0.15) is 28.4 Å². The number of ether oxygens (including phenoxy) is 5. The van der Waals surface area contributed by atoms with Crippen LogP contribution in [0, 0.1) is 0 Å². The van der Waals surface area contributed by atoms with Gasteiger partial charge >= 0.3 is 0 Å². The summed E-state index contributed by atoms with van der Waals surface area (Å²) in [6.07, 6.45) is -15.1. The Labute approximate surface area is 233 Å². The summed E-state index contributed by atoms with van der Waals surface area (Å²) in [4.78, 5) is 12.9. The summed E-state index contributed by atoms with van der Waals surface area (Å²) in [7, 11) is 0. The van der Waals surface area contributed by atoms with Crippen LogP contribution in [0.4, 0.5) is 0 Å². The van der Waals surface area contributed by atoms with Gasteiger partial charge in [0.25, 0.3) is 0 Å².